The summed E-state index contributed by atoms with van der Waals surface area (Å²) in [6.07, 6.45) is 5.99. The predicted molar refractivity (Wildman–Crippen MR) is 69.2 cm³/mol. The van der Waals surface area contributed by atoms with Crippen LogP contribution in [-0.4, -0.2) is 0 Å². The molecule has 0 radical (unpaired) electrons. The number of rotatable bonds is 0. The van der Waals surface area contributed by atoms with Gasteiger partial charge in [0.1, 0.15) is 0 Å². The first-order valence-electron chi connectivity index (χ1n) is 7.36. The van der Waals surface area contributed by atoms with E-state index in [0.717, 1.165) is 29.6 Å². The summed E-state index contributed by atoms with van der Waals surface area (Å²) in [5.41, 5.74) is 1.30. The first-order valence-corrected chi connectivity index (χ1v) is 7.36. The lowest BCUT2D eigenvalue weighted by Gasteiger charge is -2.37. The first kappa shape index (κ1) is 11.1. The van der Waals surface area contributed by atoms with Gasteiger partial charge in [0.05, 0.1) is 0 Å². The van der Waals surface area contributed by atoms with E-state index in [4.69, 9.17) is 0 Å². The molecule has 3 fully saturated rings. The van der Waals surface area contributed by atoms with Gasteiger partial charge in [-0.1, -0.05) is 41.0 Å². The van der Waals surface area contributed by atoms with Gasteiger partial charge in [0.15, 0.2) is 0 Å². The van der Waals surface area contributed by atoms with Gasteiger partial charge in [-0.05, 0) is 59.7 Å². The highest BCUT2D eigenvalue weighted by Crippen LogP contribution is 2.72. The summed E-state index contributed by atoms with van der Waals surface area (Å²) in [5.74, 6) is 5.20. The lowest BCUT2D eigenvalue weighted by atomic mass is 9.68. The van der Waals surface area contributed by atoms with Crippen molar-refractivity contribution in [1.29, 1.82) is 0 Å². The average Bonchev–Trinajstić information content (AvgIpc) is 2.51. The van der Waals surface area contributed by atoms with E-state index >= 15 is 0 Å². The fourth-order valence-corrected chi connectivity index (χ4v) is 5.56. The van der Waals surface area contributed by atoms with Crippen LogP contribution >= 0.6 is 0 Å². The molecule has 2 unspecified atom stereocenters. The summed E-state index contributed by atoms with van der Waals surface area (Å²) in [5, 5.41) is 0. The quantitative estimate of drug-likeness (QED) is 0.553. The van der Waals surface area contributed by atoms with Crippen LogP contribution in [0.5, 0.6) is 0 Å². The Balaban J connectivity index is 1.94. The highest BCUT2D eigenvalue weighted by atomic mass is 14.7. The zero-order chi connectivity index (χ0) is 11.7. The Kier molecular flexibility index (Phi) is 2.12. The van der Waals surface area contributed by atoms with E-state index in [1.165, 1.54) is 25.7 Å². The highest BCUT2D eigenvalue weighted by Gasteiger charge is 2.65. The molecule has 0 heterocycles. The van der Waals surface area contributed by atoms with Crippen molar-refractivity contribution < 1.29 is 0 Å². The highest BCUT2D eigenvalue weighted by molar-refractivity contribution is 5.14. The van der Waals surface area contributed by atoms with Crippen molar-refractivity contribution in [1.82, 2.24) is 0 Å². The Morgan fingerprint density at radius 1 is 0.875 bits per heavy atom. The van der Waals surface area contributed by atoms with E-state index in [0.29, 0.717) is 10.8 Å². The van der Waals surface area contributed by atoms with Crippen LogP contribution < -0.4 is 0 Å². The van der Waals surface area contributed by atoms with Gasteiger partial charge in [-0.25, -0.2) is 0 Å². The Morgan fingerprint density at radius 3 is 2.25 bits per heavy atom. The van der Waals surface area contributed by atoms with Crippen LogP contribution in [0.2, 0.25) is 0 Å². The molecule has 3 rings (SSSR count). The Hall–Kier alpha value is 0. The molecule has 0 heteroatoms. The van der Waals surface area contributed by atoms with Gasteiger partial charge in [-0.3, -0.25) is 0 Å². The van der Waals surface area contributed by atoms with Crippen molar-refractivity contribution in [3.05, 3.63) is 0 Å². The van der Waals surface area contributed by atoms with Gasteiger partial charge in [0.2, 0.25) is 0 Å². The minimum atomic E-state index is 0.624. The van der Waals surface area contributed by atoms with E-state index in [-0.39, 0.29) is 0 Å². The summed E-state index contributed by atoms with van der Waals surface area (Å²) in [6, 6.07) is 0. The maximum absolute atomic E-state index is 2.54. The third-order valence-electron chi connectivity index (χ3n) is 6.71. The third-order valence-corrected chi connectivity index (χ3v) is 6.71. The maximum atomic E-state index is 2.54. The van der Waals surface area contributed by atoms with Gasteiger partial charge in [0, 0.05) is 0 Å². The van der Waals surface area contributed by atoms with Gasteiger partial charge >= 0.3 is 0 Å². The standard InChI is InChI=1S/C16H28/c1-10-6-7-11-13(10)14-12(16(14,4)5)8-9-15(11,2)3/h10-14H,6-9H2,1-5H3/t10?,11-,12-,13?,14-/m0/s1. The fraction of sp³-hybridized carbons (Fsp3) is 1.00. The SMILES string of the molecule is CC1CC[C@H]2C1[C@@H]1[C@H](CCC2(C)C)C1(C)C. The topological polar surface area (TPSA) is 0 Å². The van der Waals surface area contributed by atoms with Crippen LogP contribution in [-0.2, 0) is 0 Å². The number of fused-ring (bicyclic) bond motifs is 3. The normalized spacial score (nSPS) is 52.7. The van der Waals surface area contributed by atoms with Crippen LogP contribution in [0.4, 0.5) is 0 Å². The van der Waals surface area contributed by atoms with E-state index in [1.807, 2.05) is 0 Å². The smallest absolute Gasteiger partial charge is 0.0289 e. The summed E-state index contributed by atoms with van der Waals surface area (Å²) >= 11 is 0. The molecular formula is C16H28. The van der Waals surface area contributed by atoms with Gasteiger partial charge < -0.3 is 0 Å². The molecule has 3 aliphatic carbocycles. The van der Waals surface area contributed by atoms with E-state index in [9.17, 15) is 0 Å². The molecule has 0 nitrogen and oxygen atoms in total. The fourth-order valence-electron chi connectivity index (χ4n) is 5.56. The lowest BCUT2D eigenvalue weighted by Crippen LogP contribution is -2.30. The molecule has 16 heavy (non-hydrogen) atoms. The number of hydrogen-bond acceptors (Lipinski definition) is 0. The molecular weight excluding hydrogens is 192 g/mol. The minimum Gasteiger partial charge on any atom is -0.0622 e. The molecule has 0 aromatic heterocycles. The van der Waals surface area contributed by atoms with Crippen LogP contribution in [0.1, 0.15) is 60.3 Å². The van der Waals surface area contributed by atoms with Crippen LogP contribution in [0, 0.1) is 40.4 Å². The Labute approximate surface area is 101 Å². The van der Waals surface area contributed by atoms with Crippen molar-refractivity contribution >= 4 is 0 Å². The summed E-state index contributed by atoms with van der Waals surface area (Å²) in [6.45, 7) is 12.7. The van der Waals surface area contributed by atoms with Crippen molar-refractivity contribution in [2.24, 2.45) is 40.4 Å². The van der Waals surface area contributed by atoms with Crippen LogP contribution in [0.3, 0.4) is 0 Å². The second kappa shape index (κ2) is 3.06. The molecule has 0 bridgehead atoms. The molecule has 0 spiro atoms. The molecule has 92 valence electrons. The molecule has 3 aliphatic rings. The Bertz CT molecular complexity index is 299. The van der Waals surface area contributed by atoms with Crippen LogP contribution in [0.25, 0.3) is 0 Å². The molecule has 0 N–H and O–H groups in total. The molecule has 0 aromatic carbocycles. The van der Waals surface area contributed by atoms with E-state index in [1.54, 1.807) is 0 Å². The summed E-state index contributed by atoms with van der Waals surface area (Å²) in [7, 11) is 0. The van der Waals surface area contributed by atoms with Gasteiger partial charge in [0.25, 0.3) is 0 Å². The molecule has 3 saturated carbocycles. The Morgan fingerprint density at radius 2 is 1.56 bits per heavy atom. The molecule has 0 aliphatic heterocycles. The van der Waals surface area contributed by atoms with Crippen molar-refractivity contribution in [3.8, 4) is 0 Å². The van der Waals surface area contributed by atoms with Crippen molar-refractivity contribution in [2.75, 3.05) is 0 Å². The second-order valence-corrected chi connectivity index (χ2v) is 8.22. The zero-order valence-electron chi connectivity index (χ0n) is 11.7. The predicted octanol–water partition coefficient (Wildman–Crippen LogP) is 4.74. The zero-order valence-corrected chi connectivity index (χ0v) is 11.7. The average molecular weight is 220 g/mol. The number of hydrogen-bond donors (Lipinski definition) is 0. The summed E-state index contributed by atoms with van der Waals surface area (Å²) in [4.78, 5) is 0. The molecule has 0 amide bonds. The lowest BCUT2D eigenvalue weighted by molar-refractivity contribution is 0.122. The minimum absolute atomic E-state index is 0.624. The van der Waals surface area contributed by atoms with Gasteiger partial charge in [-0.2, -0.15) is 0 Å². The maximum Gasteiger partial charge on any atom is -0.0289 e. The van der Waals surface area contributed by atoms with Crippen LogP contribution in [0.15, 0.2) is 0 Å². The monoisotopic (exact) mass is 220 g/mol. The van der Waals surface area contributed by atoms with E-state index < -0.39 is 0 Å². The first-order chi connectivity index (χ1) is 7.36. The largest absolute Gasteiger partial charge is 0.0622 e. The third kappa shape index (κ3) is 1.28. The van der Waals surface area contributed by atoms with Crippen molar-refractivity contribution in [3.63, 3.8) is 0 Å². The van der Waals surface area contributed by atoms with Crippen molar-refractivity contribution in [2.45, 2.75) is 60.3 Å². The van der Waals surface area contributed by atoms with Gasteiger partial charge in [-0.15, -0.1) is 0 Å². The molecule has 5 atom stereocenters. The second-order valence-electron chi connectivity index (χ2n) is 8.22. The van der Waals surface area contributed by atoms with E-state index in [2.05, 4.69) is 34.6 Å². The molecule has 0 aromatic rings. The molecule has 0 saturated heterocycles. The summed E-state index contributed by atoms with van der Waals surface area (Å²) < 4.78 is 0.